The number of urea groups is 1. The number of ether oxygens (including phenoxy) is 1. The highest BCUT2D eigenvalue weighted by atomic mass is 32.2. The molecular weight excluding hydrogens is 384 g/mol. The fourth-order valence-electron chi connectivity index (χ4n) is 2.79. The number of hydroxylamine groups is 3. The molecule has 0 aromatic heterocycles. The van der Waals surface area contributed by atoms with Crippen molar-refractivity contribution in [1.29, 1.82) is 0 Å². The maximum absolute atomic E-state index is 12.2. The molecule has 2 atom stereocenters. The van der Waals surface area contributed by atoms with E-state index in [-0.39, 0.29) is 19.7 Å². The molecule has 154 valence electrons. The van der Waals surface area contributed by atoms with Gasteiger partial charge in [-0.3, -0.25) is 9.63 Å². The lowest BCUT2D eigenvalue weighted by Crippen LogP contribution is -2.50. The first-order valence-corrected chi connectivity index (χ1v) is 9.49. The number of hydrogen-bond acceptors (Lipinski definition) is 8. The van der Waals surface area contributed by atoms with Gasteiger partial charge in [0.05, 0.1) is 12.6 Å². The van der Waals surface area contributed by atoms with Crippen molar-refractivity contribution in [2.24, 2.45) is 0 Å². The molecule has 0 aromatic rings. The van der Waals surface area contributed by atoms with Crippen molar-refractivity contribution in [3.05, 3.63) is 0 Å². The molecule has 2 aliphatic heterocycles. The Morgan fingerprint density at radius 1 is 1.26 bits per heavy atom. The zero-order valence-electron chi connectivity index (χ0n) is 15.3. The van der Waals surface area contributed by atoms with Gasteiger partial charge < -0.3 is 15.0 Å². The molecule has 0 radical (unpaired) electrons. The van der Waals surface area contributed by atoms with Crippen LogP contribution in [-0.4, -0.2) is 73.8 Å². The Kier molecular flexibility index (Phi) is 6.84. The second-order valence-corrected chi connectivity index (χ2v) is 7.67. The van der Waals surface area contributed by atoms with Crippen molar-refractivity contribution in [3.8, 4) is 0 Å². The van der Waals surface area contributed by atoms with Gasteiger partial charge in [0.2, 0.25) is 0 Å². The molecule has 0 aliphatic carbocycles. The van der Waals surface area contributed by atoms with Crippen LogP contribution < -0.4 is 10.8 Å². The number of amides is 4. The van der Waals surface area contributed by atoms with Crippen LogP contribution in [0.4, 0.5) is 9.59 Å². The molecule has 27 heavy (non-hydrogen) atoms. The topological polar surface area (TPSA) is 144 Å². The quantitative estimate of drug-likeness (QED) is 0.285. The Hall–Kier alpha value is -2.12. The summed E-state index contributed by atoms with van der Waals surface area (Å²) in [5.41, 5.74) is 1.62. The fraction of sp³-hybridized carbons (Fsp3) is 0.786. The van der Waals surface area contributed by atoms with Crippen molar-refractivity contribution in [3.63, 3.8) is 0 Å². The van der Waals surface area contributed by atoms with Gasteiger partial charge in [-0.2, -0.15) is 5.06 Å². The van der Waals surface area contributed by atoms with Gasteiger partial charge >= 0.3 is 12.1 Å². The van der Waals surface area contributed by atoms with Gasteiger partial charge in [0.25, 0.3) is 16.9 Å². The number of hydrogen-bond donors (Lipinski definition) is 3. The second kappa shape index (κ2) is 8.71. The summed E-state index contributed by atoms with van der Waals surface area (Å²) < 4.78 is 31.0. The molecule has 2 heterocycles. The average Bonchev–Trinajstić information content (AvgIpc) is 2.77. The number of piperidine rings is 1. The van der Waals surface area contributed by atoms with Crippen LogP contribution in [0, 0.1) is 0 Å². The zero-order chi connectivity index (χ0) is 20.2. The van der Waals surface area contributed by atoms with E-state index in [0.717, 1.165) is 5.06 Å². The minimum atomic E-state index is -3.21. The van der Waals surface area contributed by atoms with Crippen molar-refractivity contribution < 1.29 is 36.7 Å². The number of alkyl carbamates (subject to hydrolysis) is 1. The highest BCUT2D eigenvalue weighted by Gasteiger charge is 2.48. The van der Waals surface area contributed by atoms with Gasteiger partial charge in [0, 0.05) is 13.1 Å². The molecule has 4 amide bonds. The molecule has 2 N–H and O–H groups in total. The van der Waals surface area contributed by atoms with Crippen molar-refractivity contribution in [2.75, 3.05) is 19.7 Å². The Morgan fingerprint density at radius 2 is 1.96 bits per heavy atom. The average molecular weight is 408 g/mol. The van der Waals surface area contributed by atoms with Crippen LogP contribution >= 0.6 is 0 Å². The number of thiol groups is 1. The Labute approximate surface area is 158 Å². The van der Waals surface area contributed by atoms with Crippen LogP contribution in [0.25, 0.3) is 0 Å². The van der Waals surface area contributed by atoms with E-state index in [1.54, 1.807) is 20.8 Å². The number of rotatable bonds is 7. The third-order valence-corrected chi connectivity index (χ3v) is 4.13. The second-order valence-electron chi connectivity index (χ2n) is 7.06. The molecule has 0 saturated carbocycles. The highest BCUT2D eigenvalue weighted by molar-refractivity contribution is 7.67. The van der Waals surface area contributed by atoms with E-state index in [2.05, 4.69) is 15.1 Å². The van der Waals surface area contributed by atoms with Crippen LogP contribution in [-0.2, 0) is 29.6 Å². The Bertz CT molecular complexity index is 654. The maximum Gasteiger partial charge on any atom is 0.407 e. The molecule has 2 saturated heterocycles. The summed E-state index contributed by atoms with van der Waals surface area (Å²) >= 11 is 0. The van der Waals surface area contributed by atoms with E-state index in [0.29, 0.717) is 12.8 Å². The molecule has 2 rings (SSSR count). The Balaban J connectivity index is 1.72. The minimum absolute atomic E-state index is 0.000166. The van der Waals surface area contributed by atoms with E-state index in [1.165, 1.54) is 4.90 Å². The Morgan fingerprint density at radius 3 is 2.59 bits per heavy atom. The lowest BCUT2D eigenvalue weighted by molar-refractivity contribution is -0.138. The zero-order valence-corrected chi connectivity index (χ0v) is 16.2. The number of fused-ring (bicyclic) bond motifs is 2. The minimum Gasteiger partial charge on any atom is -0.444 e. The first-order chi connectivity index (χ1) is 12.6. The van der Waals surface area contributed by atoms with Crippen LogP contribution in [0.2, 0.25) is 0 Å². The monoisotopic (exact) mass is 408 g/mol. The van der Waals surface area contributed by atoms with Crippen LogP contribution in [0.15, 0.2) is 0 Å². The van der Waals surface area contributed by atoms with Gasteiger partial charge in [-0.05, 0) is 33.6 Å². The van der Waals surface area contributed by atoms with E-state index >= 15 is 0 Å². The molecule has 0 unspecified atom stereocenters. The SMILES string of the molecule is CC(C)(C)OC(=O)NCCONC(=O)[C@@H]1CC[C@@H]2CN1C(=O)N2O[SH](=O)=O. The lowest BCUT2D eigenvalue weighted by atomic mass is 10.0. The van der Waals surface area contributed by atoms with E-state index in [4.69, 9.17) is 9.57 Å². The van der Waals surface area contributed by atoms with Gasteiger partial charge in [0.15, 0.2) is 0 Å². The predicted molar refractivity (Wildman–Crippen MR) is 90.5 cm³/mol. The van der Waals surface area contributed by atoms with Crippen LogP contribution in [0.5, 0.6) is 0 Å². The first kappa shape index (κ1) is 21.2. The molecule has 0 spiro atoms. The van der Waals surface area contributed by atoms with Crippen molar-refractivity contribution in [1.82, 2.24) is 20.8 Å². The molecule has 0 aromatic carbocycles. The molecule has 2 fully saturated rings. The van der Waals surface area contributed by atoms with Gasteiger partial charge in [0.1, 0.15) is 11.6 Å². The van der Waals surface area contributed by atoms with Crippen molar-refractivity contribution in [2.45, 2.75) is 51.3 Å². The number of carbonyl (C=O) groups excluding carboxylic acids is 3. The number of carbonyl (C=O) groups is 3. The summed E-state index contributed by atoms with van der Waals surface area (Å²) in [4.78, 5) is 42.1. The largest absolute Gasteiger partial charge is 0.444 e. The molecule has 13 heteroatoms. The third-order valence-electron chi connectivity index (χ3n) is 3.83. The normalized spacial score (nSPS) is 22.1. The summed E-state index contributed by atoms with van der Waals surface area (Å²) in [6.45, 7) is 5.51. The summed E-state index contributed by atoms with van der Waals surface area (Å²) in [5.74, 6) is -0.535. The van der Waals surface area contributed by atoms with Crippen molar-refractivity contribution >= 4 is 29.0 Å². The molecule has 12 nitrogen and oxygen atoms in total. The van der Waals surface area contributed by atoms with Crippen LogP contribution in [0.1, 0.15) is 33.6 Å². The first-order valence-electron chi connectivity index (χ1n) is 8.39. The van der Waals surface area contributed by atoms with E-state index in [1.807, 2.05) is 0 Å². The summed E-state index contributed by atoms with van der Waals surface area (Å²) in [5, 5.41) is 3.25. The van der Waals surface area contributed by atoms with E-state index < -0.39 is 46.7 Å². The maximum atomic E-state index is 12.2. The summed E-state index contributed by atoms with van der Waals surface area (Å²) in [7, 11) is -3.21. The number of nitrogens with one attached hydrogen (secondary N) is 2. The molecule has 2 aliphatic rings. The lowest BCUT2D eigenvalue weighted by Gasteiger charge is -2.28. The highest BCUT2D eigenvalue weighted by Crippen LogP contribution is 2.30. The van der Waals surface area contributed by atoms with Gasteiger partial charge in [-0.1, -0.05) is 0 Å². The van der Waals surface area contributed by atoms with Gasteiger partial charge in [-0.15, -0.1) is 4.28 Å². The third kappa shape index (κ3) is 5.94. The fourth-order valence-corrected chi connectivity index (χ4v) is 3.14. The summed E-state index contributed by atoms with van der Waals surface area (Å²) in [6.07, 6.45) is 0.163. The number of nitrogens with zero attached hydrogens (tertiary/aromatic N) is 2. The molecular formula is C14H24N4O8S. The summed E-state index contributed by atoms with van der Waals surface area (Å²) in [6, 6.07) is -1.87. The van der Waals surface area contributed by atoms with Gasteiger partial charge in [-0.25, -0.2) is 23.5 Å². The predicted octanol–water partition coefficient (Wildman–Crippen LogP) is -0.714. The standard InChI is InChI=1S/C14H24N4O8S/c1-14(2,3)25-12(20)15-6-7-24-16-11(19)10-5-4-9-8-17(10)13(21)18(9)26-27(22)23/h9-10,27H,4-8H2,1-3H3,(H,15,20)(H,16,19)/t9-,10+/m1/s1. The molecule has 2 bridgehead atoms. The van der Waals surface area contributed by atoms with Crippen LogP contribution in [0.3, 0.4) is 0 Å². The smallest absolute Gasteiger partial charge is 0.407 e. The van der Waals surface area contributed by atoms with E-state index in [9.17, 15) is 22.8 Å².